The number of hydrogen-bond acceptors (Lipinski definition) is 4. The molecule has 1 atom stereocenters. The van der Waals surface area contributed by atoms with Crippen molar-refractivity contribution in [2.75, 3.05) is 7.11 Å². The largest absolute Gasteiger partial charge is 0.493 e. The summed E-state index contributed by atoms with van der Waals surface area (Å²) in [5, 5.41) is 10.1. The Labute approximate surface area is 148 Å². The van der Waals surface area contributed by atoms with E-state index in [1.165, 1.54) is 10.2 Å². The van der Waals surface area contributed by atoms with Crippen molar-refractivity contribution in [2.24, 2.45) is 0 Å². The molecule has 7 heteroatoms. The molecule has 0 aliphatic heterocycles. The molecule has 24 heavy (non-hydrogen) atoms. The van der Waals surface area contributed by atoms with Crippen LogP contribution in [0.15, 0.2) is 65.7 Å². The average molecular weight is 357 g/mol. The van der Waals surface area contributed by atoms with E-state index in [1.54, 1.807) is 18.9 Å². The topological polar surface area (TPSA) is 39.9 Å². The van der Waals surface area contributed by atoms with E-state index >= 15 is 0 Å². The average Bonchev–Trinajstić information content (AvgIpc) is 3.08. The van der Waals surface area contributed by atoms with Gasteiger partial charge in [-0.3, -0.25) is 0 Å². The predicted octanol–water partition coefficient (Wildman–Crippen LogP) is 2.36. The lowest BCUT2D eigenvalue weighted by Gasteiger charge is -2.12. The van der Waals surface area contributed by atoms with Crippen molar-refractivity contribution in [3.05, 3.63) is 66.5 Å². The molecular formula is C17H21BN3OPS. The third kappa shape index (κ3) is 4.40. The van der Waals surface area contributed by atoms with Crippen molar-refractivity contribution in [1.82, 2.24) is 15.0 Å². The number of benzene rings is 2. The first-order valence-corrected chi connectivity index (χ1v) is 9.48. The van der Waals surface area contributed by atoms with Gasteiger partial charge in [0.1, 0.15) is 13.3 Å². The molecule has 1 aromatic heterocycles. The van der Waals surface area contributed by atoms with E-state index in [9.17, 15) is 0 Å². The number of aromatic nitrogens is 3. The summed E-state index contributed by atoms with van der Waals surface area (Å²) in [6, 6.07) is 18.8. The van der Waals surface area contributed by atoms with Crippen molar-refractivity contribution in [2.45, 2.75) is 16.9 Å². The van der Waals surface area contributed by atoms with Crippen LogP contribution in [0.4, 0.5) is 0 Å². The summed E-state index contributed by atoms with van der Waals surface area (Å²) in [5.41, 5.74) is 1.11. The van der Waals surface area contributed by atoms with Crippen LogP contribution in [-0.4, -0.2) is 29.7 Å². The fourth-order valence-electron chi connectivity index (χ4n) is 2.12. The molecule has 1 unspecified atom stereocenters. The van der Waals surface area contributed by atoms with Crippen LogP contribution in [0.2, 0.25) is 0 Å². The highest BCUT2D eigenvalue weighted by atomic mass is 32.2. The van der Waals surface area contributed by atoms with E-state index in [-0.39, 0.29) is 7.57 Å². The van der Waals surface area contributed by atoms with E-state index in [0.29, 0.717) is 0 Å². The lowest BCUT2D eigenvalue weighted by atomic mass is 10.3. The lowest BCUT2D eigenvalue weighted by Crippen LogP contribution is -2.06. The van der Waals surface area contributed by atoms with E-state index < -0.39 is 7.80 Å². The van der Waals surface area contributed by atoms with Crippen LogP contribution in [0.3, 0.4) is 0 Å². The second-order valence-electron chi connectivity index (χ2n) is 4.89. The van der Waals surface area contributed by atoms with Crippen LogP contribution in [0, 0.1) is 0 Å². The Morgan fingerprint density at radius 1 is 1.12 bits per heavy atom. The van der Waals surface area contributed by atoms with E-state index in [1.807, 2.05) is 16.8 Å². The summed E-state index contributed by atoms with van der Waals surface area (Å²) in [5.74, 6) is 1.83. The molecule has 0 bridgehead atoms. The smallest absolute Gasteiger partial charge is 0.156 e. The highest BCUT2D eigenvalue weighted by Crippen LogP contribution is 2.36. The summed E-state index contributed by atoms with van der Waals surface area (Å²) in [4.78, 5) is 1.25. The molecule has 4 nitrogen and oxygen atoms in total. The Hall–Kier alpha value is -1.78. The predicted molar refractivity (Wildman–Crippen MR) is 107 cm³/mol. The van der Waals surface area contributed by atoms with Crippen LogP contribution < -0.4 is 10.0 Å². The highest BCUT2D eigenvalue weighted by molar-refractivity contribution is 7.98. The lowest BCUT2D eigenvalue weighted by molar-refractivity contribution is 0.418. The molecule has 0 saturated heterocycles. The number of thioether (sulfide) groups is 1. The summed E-state index contributed by atoms with van der Waals surface area (Å²) in [6.45, 7) is 0. The van der Waals surface area contributed by atoms with Crippen molar-refractivity contribution < 1.29 is 4.74 Å². The van der Waals surface area contributed by atoms with Crippen LogP contribution in [-0.2, 0) is 12.0 Å². The van der Waals surface area contributed by atoms with Gasteiger partial charge >= 0.3 is 0 Å². The van der Waals surface area contributed by atoms with E-state index in [4.69, 9.17) is 4.74 Å². The third-order valence-electron chi connectivity index (χ3n) is 3.26. The molecule has 0 amide bonds. The van der Waals surface area contributed by atoms with E-state index in [2.05, 4.69) is 59.0 Å². The van der Waals surface area contributed by atoms with Gasteiger partial charge in [-0.1, -0.05) is 35.5 Å². The van der Waals surface area contributed by atoms with Crippen molar-refractivity contribution in [3.63, 3.8) is 0 Å². The second kappa shape index (κ2) is 8.36. The Kier molecular flexibility index (Phi) is 5.94. The maximum Gasteiger partial charge on any atom is 0.156 e. The first-order chi connectivity index (χ1) is 11.8. The Morgan fingerprint density at radius 3 is 2.67 bits per heavy atom. The zero-order valence-electron chi connectivity index (χ0n) is 12.8. The first kappa shape index (κ1) is 17.1. The summed E-state index contributed by atoms with van der Waals surface area (Å²) < 4.78 is 7.45. The number of para-hydroxylation sites is 1. The maximum absolute atomic E-state index is 5.52. The molecule has 0 aliphatic rings. The zero-order valence-corrected chi connectivity index (χ0v) is 14.7. The van der Waals surface area contributed by atoms with Gasteiger partial charge in [0.25, 0.3) is 0 Å². The fraction of sp³-hybridized carbons (Fsp3) is 0.176. The zero-order chi connectivity index (χ0) is 16.8. The molecule has 3 aromatic rings. The molecule has 2 aromatic carbocycles. The Bertz CT molecular complexity index is 784. The quantitative estimate of drug-likeness (QED) is 0.370. The van der Waals surface area contributed by atoms with Gasteiger partial charge in [-0.25, -0.2) is 4.68 Å². The van der Waals surface area contributed by atoms with Gasteiger partial charge in [0, 0.05) is 4.90 Å². The van der Waals surface area contributed by atoms with Crippen LogP contribution in [0.1, 0.15) is 5.69 Å². The van der Waals surface area contributed by atoms with Crippen molar-refractivity contribution in [3.8, 4) is 5.75 Å². The molecule has 0 fully saturated rings. The molecule has 1 heterocycles. The minimum atomic E-state index is -0.512. The summed E-state index contributed by atoms with van der Waals surface area (Å²) in [6.07, 6.45) is 3.15. The molecule has 0 radical (unpaired) electrons. The van der Waals surface area contributed by atoms with Gasteiger partial charge in [-0.2, -0.15) is 0 Å². The number of methoxy groups -OCH3 is 1. The molecule has 0 N–H and O–H groups in total. The number of nitrogens with zero attached hydrogens (tertiary/aromatic N) is 3. The van der Waals surface area contributed by atoms with Gasteiger partial charge in [0.05, 0.1) is 30.6 Å². The molecule has 0 saturated carbocycles. The minimum Gasteiger partial charge on any atom is -0.493 e. The monoisotopic (exact) mass is 357 g/mol. The number of ether oxygens (including phenoxy) is 1. The van der Waals surface area contributed by atoms with Gasteiger partial charge in [0.15, 0.2) is 5.75 Å². The van der Waals surface area contributed by atoms with Gasteiger partial charge in [0.2, 0.25) is 0 Å². The Morgan fingerprint density at radius 2 is 1.88 bits per heavy atom. The molecular weight excluding hydrogens is 336 g/mol. The van der Waals surface area contributed by atoms with Crippen LogP contribution >= 0.6 is 19.6 Å². The third-order valence-corrected chi connectivity index (χ3v) is 5.59. The standard InChI is InChI=1S/C17H21BN3OPS/c1-22-16-9-5-6-10-17(16)23(18)12-14-11-21(20-19-14)13-24-15-7-3-2-4-8-15/h2-11,23H,12-13H2,1,18H3. The van der Waals surface area contributed by atoms with Crippen LogP contribution in [0.25, 0.3) is 0 Å². The van der Waals surface area contributed by atoms with Gasteiger partial charge < -0.3 is 4.74 Å². The molecule has 0 aliphatic carbocycles. The normalized spacial score (nSPS) is 12.1. The van der Waals surface area contributed by atoms with E-state index in [0.717, 1.165) is 23.5 Å². The van der Waals surface area contributed by atoms with Crippen molar-refractivity contribution >= 4 is 32.4 Å². The van der Waals surface area contributed by atoms with Gasteiger partial charge in [-0.05, 0) is 24.3 Å². The SMILES string of the molecule is [BH3-][PH+](Cc1cn(CSc2ccccc2)nn1)c1ccccc1OC. The number of hydrogen-bond donors (Lipinski definition) is 0. The molecule has 3 rings (SSSR count). The van der Waals surface area contributed by atoms with Crippen molar-refractivity contribution in [1.29, 1.82) is 0 Å². The molecule has 124 valence electrons. The summed E-state index contributed by atoms with van der Waals surface area (Å²) in [7, 11) is 1.47. The first-order valence-electron chi connectivity index (χ1n) is 7.29. The van der Waals surface area contributed by atoms with Gasteiger partial charge in [-0.15, -0.1) is 24.7 Å². The second-order valence-corrected chi connectivity index (χ2v) is 7.15. The maximum atomic E-state index is 5.52. The summed E-state index contributed by atoms with van der Waals surface area (Å²) >= 11 is 1.77. The Balaban J connectivity index is 1.61. The van der Waals surface area contributed by atoms with Crippen LogP contribution in [0.5, 0.6) is 5.75 Å². The minimum absolute atomic E-state index is 0.229. The number of rotatable bonds is 7. The fourth-order valence-corrected chi connectivity index (χ4v) is 3.98. The highest BCUT2D eigenvalue weighted by Gasteiger charge is 2.15. The molecule has 0 spiro atoms.